The summed E-state index contributed by atoms with van der Waals surface area (Å²) < 4.78 is 0. The zero-order valence-corrected chi connectivity index (χ0v) is 8.64. The molecule has 2 aromatic rings. The van der Waals surface area contributed by atoms with E-state index in [4.69, 9.17) is 5.11 Å². The summed E-state index contributed by atoms with van der Waals surface area (Å²) in [5.41, 5.74) is 1.69. The van der Waals surface area contributed by atoms with E-state index in [9.17, 15) is 4.79 Å². The van der Waals surface area contributed by atoms with Crippen molar-refractivity contribution in [3.63, 3.8) is 0 Å². The molecule has 0 aliphatic carbocycles. The second kappa shape index (κ2) is 3.85. The van der Waals surface area contributed by atoms with Crippen molar-refractivity contribution in [2.75, 3.05) is 0 Å². The van der Waals surface area contributed by atoms with Crippen molar-refractivity contribution in [3.8, 4) is 0 Å². The quantitative estimate of drug-likeness (QED) is 0.868. The van der Waals surface area contributed by atoms with Gasteiger partial charge in [-0.2, -0.15) is 0 Å². The number of nitrogens with zero attached hydrogens (tertiary/aromatic N) is 2. The zero-order chi connectivity index (χ0) is 9.97. The summed E-state index contributed by atoms with van der Waals surface area (Å²) in [5, 5.41) is 11.6. The second-order valence-corrected chi connectivity index (χ2v) is 4.45. The molecule has 0 fully saturated rings. The third kappa shape index (κ3) is 1.80. The standard InChI is InChI=1S/C8H6N2O2S2/c11-8(12)7-5(14-4-10-7)3-6-9-1-2-13-6/h1-2,4H,3H2,(H,11,12). The van der Waals surface area contributed by atoms with E-state index < -0.39 is 5.97 Å². The van der Waals surface area contributed by atoms with E-state index in [0.717, 1.165) is 9.88 Å². The maximum atomic E-state index is 10.7. The highest BCUT2D eigenvalue weighted by atomic mass is 32.1. The molecule has 6 heteroatoms. The van der Waals surface area contributed by atoms with Gasteiger partial charge in [-0.3, -0.25) is 0 Å². The first kappa shape index (κ1) is 9.29. The van der Waals surface area contributed by atoms with Crippen LogP contribution < -0.4 is 0 Å². The van der Waals surface area contributed by atoms with Crippen LogP contribution in [0.1, 0.15) is 20.4 Å². The molecular weight excluding hydrogens is 220 g/mol. The van der Waals surface area contributed by atoms with E-state index in [1.54, 1.807) is 11.7 Å². The van der Waals surface area contributed by atoms with Crippen LogP contribution in [0.15, 0.2) is 17.1 Å². The van der Waals surface area contributed by atoms with E-state index in [-0.39, 0.29) is 5.69 Å². The minimum absolute atomic E-state index is 0.144. The van der Waals surface area contributed by atoms with Crippen LogP contribution in [-0.4, -0.2) is 21.0 Å². The minimum Gasteiger partial charge on any atom is -0.476 e. The SMILES string of the molecule is O=C(O)c1ncsc1Cc1nccs1. The Hall–Kier alpha value is -1.27. The van der Waals surface area contributed by atoms with Crippen molar-refractivity contribution >= 4 is 28.6 Å². The summed E-state index contributed by atoms with van der Waals surface area (Å²) in [6.45, 7) is 0. The van der Waals surface area contributed by atoms with Gasteiger partial charge in [-0.05, 0) is 0 Å². The number of carbonyl (C=O) groups is 1. The molecule has 2 rings (SSSR count). The zero-order valence-electron chi connectivity index (χ0n) is 7.01. The maximum absolute atomic E-state index is 10.7. The van der Waals surface area contributed by atoms with Gasteiger partial charge in [0.2, 0.25) is 0 Å². The van der Waals surface area contributed by atoms with Crippen molar-refractivity contribution in [2.45, 2.75) is 6.42 Å². The van der Waals surface area contributed by atoms with Gasteiger partial charge in [0.15, 0.2) is 5.69 Å². The van der Waals surface area contributed by atoms with Crippen LogP contribution in [0.5, 0.6) is 0 Å². The summed E-state index contributed by atoms with van der Waals surface area (Å²) in [6.07, 6.45) is 2.27. The fourth-order valence-corrected chi connectivity index (χ4v) is 2.52. The molecule has 1 N–H and O–H groups in total. The first-order valence-corrected chi connectivity index (χ1v) is 5.57. The number of hydrogen-bond donors (Lipinski definition) is 1. The molecule has 2 aromatic heterocycles. The van der Waals surface area contributed by atoms with Gasteiger partial charge < -0.3 is 5.11 Å². The number of hydrogen-bond acceptors (Lipinski definition) is 5. The van der Waals surface area contributed by atoms with E-state index in [2.05, 4.69) is 9.97 Å². The lowest BCUT2D eigenvalue weighted by molar-refractivity contribution is 0.0690. The molecule has 0 atom stereocenters. The van der Waals surface area contributed by atoms with Gasteiger partial charge in [-0.25, -0.2) is 14.8 Å². The highest BCUT2D eigenvalue weighted by Crippen LogP contribution is 2.19. The lowest BCUT2D eigenvalue weighted by Crippen LogP contribution is -2.00. The first-order chi connectivity index (χ1) is 6.77. The monoisotopic (exact) mass is 226 g/mol. The van der Waals surface area contributed by atoms with Gasteiger partial charge in [-0.15, -0.1) is 22.7 Å². The van der Waals surface area contributed by atoms with Gasteiger partial charge in [-0.1, -0.05) is 0 Å². The maximum Gasteiger partial charge on any atom is 0.355 e. The summed E-state index contributed by atoms with van der Waals surface area (Å²) >= 11 is 2.87. The van der Waals surface area contributed by atoms with Crippen LogP contribution in [0.25, 0.3) is 0 Å². The van der Waals surface area contributed by atoms with Crippen LogP contribution in [0.3, 0.4) is 0 Å². The Bertz CT molecular complexity index is 436. The highest BCUT2D eigenvalue weighted by Gasteiger charge is 2.14. The Kier molecular flexibility index (Phi) is 2.55. The van der Waals surface area contributed by atoms with Crippen LogP contribution in [0.4, 0.5) is 0 Å². The molecule has 0 bridgehead atoms. The normalized spacial score (nSPS) is 10.3. The third-order valence-electron chi connectivity index (χ3n) is 1.64. The molecule has 0 saturated carbocycles. The molecule has 0 amide bonds. The molecule has 0 unspecified atom stereocenters. The van der Waals surface area contributed by atoms with Gasteiger partial charge in [0, 0.05) is 22.9 Å². The fourth-order valence-electron chi connectivity index (χ4n) is 1.05. The second-order valence-electron chi connectivity index (χ2n) is 2.53. The average Bonchev–Trinajstić information content (AvgIpc) is 2.75. The Balaban J connectivity index is 2.25. The smallest absolute Gasteiger partial charge is 0.355 e. The summed E-state index contributed by atoms with van der Waals surface area (Å²) in [7, 11) is 0. The van der Waals surface area contributed by atoms with Crippen molar-refractivity contribution in [3.05, 3.63) is 32.7 Å². The van der Waals surface area contributed by atoms with Crippen LogP contribution in [-0.2, 0) is 6.42 Å². The molecule has 0 radical (unpaired) electrons. The molecule has 4 nitrogen and oxygen atoms in total. The molecule has 0 aliphatic heterocycles. The summed E-state index contributed by atoms with van der Waals surface area (Å²) in [5.74, 6) is -0.974. The molecule has 0 spiro atoms. The number of carboxylic acids is 1. The van der Waals surface area contributed by atoms with Gasteiger partial charge in [0.1, 0.15) is 0 Å². The topological polar surface area (TPSA) is 63.1 Å². The van der Waals surface area contributed by atoms with Crippen molar-refractivity contribution < 1.29 is 9.90 Å². The average molecular weight is 226 g/mol. The number of aromatic nitrogens is 2. The molecular formula is C8H6N2O2S2. The number of thiazole rings is 2. The highest BCUT2D eigenvalue weighted by molar-refractivity contribution is 7.11. The lowest BCUT2D eigenvalue weighted by Gasteiger charge is -1.94. The Labute approximate surface area is 87.9 Å². The fraction of sp³-hybridized carbons (Fsp3) is 0.125. The van der Waals surface area contributed by atoms with Crippen molar-refractivity contribution in [1.29, 1.82) is 0 Å². The largest absolute Gasteiger partial charge is 0.476 e. The lowest BCUT2D eigenvalue weighted by atomic mass is 10.3. The molecule has 14 heavy (non-hydrogen) atoms. The van der Waals surface area contributed by atoms with Crippen molar-refractivity contribution in [2.24, 2.45) is 0 Å². The van der Waals surface area contributed by atoms with Crippen molar-refractivity contribution in [1.82, 2.24) is 9.97 Å². The Morgan fingerprint density at radius 2 is 2.29 bits per heavy atom. The van der Waals surface area contributed by atoms with E-state index in [0.29, 0.717) is 6.42 Å². The molecule has 0 aliphatic rings. The predicted octanol–water partition coefficient (Wildman–Crippen LogP) is 1.89. The van der Waals surface area contributed by atoms with Crippen LogP contribution >= 0.6 is 22.7 Å². The number of rotatable bonds is 3. The molecule has 72 valence electrons. The number of aromatic carboxylic acids is 1. The van der Waals surface area contributed by atoms with Crippen LogP contribution in [0, 0.1) is 0 Å². The predicted molar refractivity (Wildman–Crippen MR) is 54.0 cm³/mol. The first-order valence-electron chi connectivity index (χ1n) is 3.81. The van der Waals surface area contributed by atoms with Gasteiger partial charge in [0.25, 0.3) is 0 Å². The van der Waals surface area contributed by atoms with Gasteiger partial charge in [0.05, 0.1) is 10.5 Å². The summed E-state index contributed by atoms with van der Waals surface area (Å²) in [6, 6.07) is 0. The van der Waals surface area contributed by atoms with Gasteiger partial charge >= 0.3 is 5.97 Å². The minimum atomic E-state index is -0.974. The number of carboxylic acid groups (broad SMARTS) is 1. The summed E-state index contributed by atoms with van der Waals surface area (Å²) in [4.78, 5) is 19.4. The third-order valence-corrected chi connectivity index (χ3v) is 3.25. The molecule has 0 aromatic carbocycles. The van der Waals surface area contributed by atoms with E-state index >= 15 is 0 Å². The molecule has 0 saturated heterocycles. The Morgan fingerprint density at radius 1 is 1.43 bits per heavy atom. The molecule has 2 heterocycles. The van der Waals surface area contributed by atoms with E-state index in [1.807, 2.05) is 5.38 Å². The van der Waals surface area contributed by atoms with E-state index in [1.165, 1.54) is 22.7 Å². The van der Waals surface area contributed by atoms with Crippen LogP contribution in [0.2, 0.25) is 0 Å². The Morgan fingerprint density at radius 3 is 2.93 bits per heavy atom.